The van der Waals surface area contributed by atoms with E-state index in [1.807, 2.05) is 87.5 Å². The van der Waals surface area contributed by atoms with Crippen LogP contribution in [0, 0.1) is 6.92 Å². The van der Waals surface area contributed by atoms with Crippen LogP contribution in [0.4, 0.5) is 0 Å². The summed E-state index contributed by atoms with van der Waals surface area (Å²) in [7, 11) is 0. The van der Waals surface area contributed by atoms with Gasteiger partial charge in [-0.2, -0.15) is 0 Å². The summed E-state index contributed by atoms with van der Waals surface area (Å²) in [5.41, 5.74) is 2.80. The third kappa shape index (κ3) is 7.86. The molecule has 0 aromatic heterocycles. The minimum absolute atomic E-state index is 0.00326. The van der Waals surface area contributed by atoms with E-state index in [1.54, 1.807) is 17.0 Å². The summed E-state index contributed by atoms with van der Waals surface area (Å²) < 4.78 is 5.87. The van der Waals surface area contributed by atoms with Gasteiger partial charge in [0.25, 0.3) is 5.91 Å². The van der Waals surface area contributed by atoms with Crippen LogP contribution in [0.1, 0.15) is 37.0 Å². The van der Waals surface area contributed by atoms with Gasteiger partial charge in [-0.25, -0.2) is 0 Å². The number of aryl methyl sites for hydroxylation is 1. The number of halogens is 1. The van der Waals surface area contributed by atoms with Crippen LogP contribution >= 0.6 is 11.6 Å². The van der Waals surface area contributed by atoms with E-state index >= 15 is 0 Å². The fourth-order valence-corrected chi connectivity index (χ4v) is 3.85. The Morgan fingerprint density at radius 1 is 0.943 bits per heavy atom. The molecule has 35 heavy (non-hydrogen) atoms. The Balaban J connectivity index is 1.91. The number of hydrogen-bond donors (Lipinski definition) is 1. The van der Waals surface area contributed by atoms with E-state index in [-0.39, 0.29) is 31.0 Å². The van der Waals surface area contributed by atoms with Crippen molar-refractivity contribution in [3.8, 4) is 5.75 Å². The zero-order valence-electron chi connectivity index (χ0n) is 20.5. The van der Waals surface area contributed by atoms with Gasteiger partial charge in [0.05, 0.1) is 0 Å². The van der Waals surface area contributed by atoms with Crippen LogP contribution in [-0.2, 0) is 22.6 Å². The second kappa shape index (κ2) is 13.0. The zero-order valence-corrected chi connectivity index (χ0v) is 21.3. The van der Waals surface area contributed by atoms with E-state index in [2.05, 4.69) is 5.32 Å². The monoisotopic (exact) mass is 492 g/mol. The highest BCUT2D eigenvalue weighted by atomic mass is 35.5. The van der Waals surface area contributed by atoms with Crippen molar-refractivity contribution in [2.24, 2.45) is 0 Å². The molecule has 0 unspecified atom stereocenters. The minimum atomic E-state index is -0.699. The van der Waals surface area contributed by atoms with E-state index in [0.29, 0.717) is 17.2 Å². The molecular formula is C29H33ClN2O3. The fourth-order valence-electron chi connectivity index (χ4n) is 3.72. The highest BCUT2D eigenvalue weighted by Crippen LogP contribution is 2.19. The highest BCUT2D eigenvalue weighted by Gasteiger charge is 2.31. The lowest BCUT2D eigenvalue weighted by molar-refractivity contribution is -0.143. The summed E-state index contributed by atoms with van der Waals surface area (Å²) in [6, 6.07) is 23.9. The van der Waals surface area contributed by atoms with Crippen molar-refractivity contribution in [1.29, 1.82) is 0 Å². The first kappa shape index (κ1) is 26.3. The first-order valence-corrected chi connectivity index (χ1v) is 12.3. The average molecular weight is 493 g/mol. The summed E-state index contributed by atoms with van der Waals surface area (Å²) in [6.45, 7) is 6.01. The minimum Gasteiger partial charge on any atom is -0.484 e. The number of carbonyl (C=O) groups excluding carboxylic acids is 2. The Morgan fingerprint density at radius 3 is 2.26 bits per heavy atom. The molecule has 0 aliphatic carbocycles. The van der Waals surface area contributed by atoms with Crippen LogP contribution in [0.2, 0.25) is 5.02 Å². The number of para-hydroxylation sites is 1. The van der Waals surface area contributed by atoms with Crippen molar-refractivity contribution in [2.45, 2.75) is 52.2 Å². The molecule has 184 valence electrons. The van der Waals surface area contributed by atoms with Gasteiger partial charge in [0, 0.05) is 24.0 Å². The third-order valence-corrected chi connectivity index (χ3v) is 6.24. The molecule has 0 fully saturated rings. The van der Waals surface area contributed by atoms with Gasteiger partial charge in [-0.1, -0.05) is 79.2 Å². The number of carbonyl (C=O) groups is 2. The molecule has 2 atom stereocenters. The molecule has 0 aliphatic heterocycles. The van der Waals surface area contributed by atoms with E-state index in [0.717, 1.165) is 23.1 Å². The van der Waals surface area contributed by atoms with Gasteiger partial charge in [0.15, 0.2) is 6.61 Å². The zero-order chi connectivity index (χ0) is 25.2. The van der Waals surface area contributed by atoms with Gasteiger partial charge in [-0.3, -0.25) is 9.59 Å². The van der Waals surface area contributed by atoms with Crippen LogP contribution in [0.15, 0.2) is 78.9 Å². The predicted molar refractivity (Wildman–Crippen MR) is 141 cm³/mol. The average Bonchev–Trinajstić information content (AvgIpc) is 2.87. The Morgan fingerprint density at radius 2 is 1.60 bits per heavy atom. The number of hydrogen-bond acceptors (Lipinski definition) is 3. The first-order valence-electron chi connectivity index (χ1n) is 11.9. The maximum Gasteiger partial charge on any atom is 0.261 e. The van der Waals surface area contributed by atoms with Crippen LogP contribution in [0.25, 0.3) is 0 Å². The van der Waals surface area contributed by atoms with Gasteiger partial charge < -0.3 is 15.0 Å². The van der Waals surface area contributed by atoms with Crippen LogP contribution in [0.3, 0.4) is 0 Å². The van der Waals surface area contributed by atoms with Crippen molar-refractivity contribution in [3.05, 3.63) is 101 Å². The number of rotatable bonds is 11. The summed E-state index contributed by atoms with van der Waals surface area (Å²) in [4.78, 5) is 28.7. The number of nitrogens with zero attached hydrogens (tertiary/aromatic N) is 1. The summed E-state index contributed by atoms with van der Waals surface area (Å²) in [5, 5.41) is 3.68. The van der Waals surface area contributed by atoms with E-state index in [4.69, 9.17) is 16.3 Å². The SMILES string of the molecule is CC[C@H](C)NC(=O)[C@@H](Cc1ccccc1)N(Cc1ccc(Cl)cc1)C(=O)COc1ccccc1C. The Kier molecular flexibility index (Phi) is 9.74. The van der Waals surface area contributed by atoms with Crippen LogP contribution in [-0.4, -0.2) is 35.4 Å². The molecule has 1 N–H and O–H groups in total. The molecular weight excluding hydrogens is 460 g/mol. The van der Waals surface area contributed by atoms with Crippen LogP contribution < -0.4 is 10.1 Å². The standard InChI is InChI=1S/C29H33ClN2O3/c1-4-22(3)31-29(34)26(18-23-11-6-5-7-12-23)32(19-24-14-16-25(30)17-15-24)28(33)20-35-27-13-9-8-10-21(27)2/h5-17,22,26H,4,18-20H2,1-3H3,(H,31,34)/t22-,26+/m0/s1. The second-order valence-electron chi connectivity index (χ2n) is 8.73. The highest BCUT2D eigenvalue weighted by molar-refractivity contribution is 6.30. The number of benzene rings is 3. The fraction of sp³-hybridized carbons (Fsp3) is 0.310. The van der Waals surface area contributed by atoms with Gasteiger partial charge in [0.1, 0.15) is 11.8 Å². The molecule has 0 saturated carbocycles. The van der Waals surface area contributed by atoms with Crippen molar-refractivity contribution in [1.82, 2.24) is 10.2 Å². The van der Waals surface area contributed by atoms with Gasteiger partial charge in [0.2, 0.25) is 5.91 Å². The maximum absolute atomic E-state index is 13.6. The maximum atomic E-state index is 13.6. The van der Waals surface area contributed by atoms with Crippen molar-refractivity contribution in [3.63, 3.8) is 0 Å². The Bertz CT molecular complexity index is 1100. The molecule has 0 aliphatic rings. The molecule has 0 heterocycles. The molecule has 0 bridgehead atoms. The molecule has 0 spiro atoms. The number of amides is 2. The van der Waals surface area contributed by atoms with Crippen LogP contribution in [0.5, 0.6) is 5.75 Å². The quantitative estimate of drug-likeness (QED) is 0.380. The third-order valence-electron chi connectivity index (χ3n) is 5.98. The molecule has 3 rings (SSSR count). The smallest absolute Gasteiger partial charge is 0.261 e. The van der Waals surface area contributed by atoms with Crippen molar-refractivity contribution >= 4 is 23.4 Å². The van der Waals surface area contributed by atoms with Gasteiger partial charge in [-0.15, -0.1) is 0 Å². The lowest BCUT2D eigenvalue weighted by Gasteiger charge is -2.32. The Hall–Kier alpha value is -3.31. The number of nitrogens with one attached hydrogen (secondary N) is 1. The lowest BCUT2D eigenvalue weighted by atomic mass is 10.0. The molecule has 0 radical (unpaired) electrons. The van der Waals surface area contributed by atoms with E-state index < -0.39 is 6.04 Å². The number of ether oxygens (including phenoxy) is 1. The normalized spacial score (nSPS) is 12.5. The summed E-state index contributed by atoms with van der Waals surface area (Å²) in [5.74, 6) is 0.209. The largest absolute Gasteiger partial charge is 0.484 e. The molecule has 6 heteroatoms. The second-order valence-corrected chi connectivity index (χ2v) is 9.16. The van der Waals surface area contributed by atoms with Gasteiger partial charge in [-0.05, 0) is 55.2 Å². The van der Waals surface area contributed by atoms with E-state index in [9.17, 15) is 9.59 Å². The molecule has 3 aromatic rings. The predicted octanol–water partition coefficient (Wildman–Crippen LogP) is 5.58. The molecule has 3 aromatic carbocycles. The van der Waals surface area contributed by atoms with Crippen molar-refractivity contribution in [2.75, 3.05) is 6.61 Å². The molecule has 5 nitrogen and oxygen atoms in total. The molecule has 2 amide bonds. The summed E-state index contributed by atoms with van der Waals surface area (Å²) >= 11 is 6.07. The topological polar surface area (TPSA) is 58.6 Å². The van der Waals surface area contributed by atoms with E-state index in [1.165, 1.54) is 0 Å². The van der Waals surface area contributed by atoms with Gasteiger partial charge >= 0.3 is 0 Å². The summed E-state index contributed by atoms with van der Waals surface area (Å²) in [6.07, 6.45) is 1.19. The van der Waals surface area contributed by atoms with Crippen molar-refractivity contribution < 1.29 is 14.3 Å². The molecule has 0 saturated heterocycles. The Labute approximate surface area is 213 Å². The first-order chi connectivity index (χ1) is 16.9. The lowest BCUT2D eigenvalue weighted by Crippen LogP contribution is -2.53.